The van der Waals surface area contributed by atoms with E-state index < -0.39 is 24.5 Å². The summed E-state index contributed by atoms with van der Waals surface area (Å²) in [5, 5.41) is 20.1. The summed E-state index contributed by atoms with van der Waals surface area (Å²) in [4.78, 5) is 22.9. The van der Waals surface area contributed by atoms with Crippen LogP contribution in [0, 0.1) is 0 Å². The minimum Gasteiger partial charge on any atom is -0.480 e. The molecule has 0 aliphatic rings. The summed E-state index contributed by atoms with van der Waals surface area (Å²) in [7, 11) is 0. The highest BCUT2D eigenvalue weighted by molar-refractivity contribution is 5.98. The molecule has 104 valence electrons. The Kier molecular flexibility index (Phi) is 4.67. The molecule has 1 aromatic rings. The zero-order valence-corrected chi connectivity index (χ0v) is 11.3. The smallest absolute Gasteiger partial charge is 0.328 e. The van der Waals surface area contributed by atoms with E-state index in [4.69, 9.17) is 10.2 Å². The standard InChI is InChI=1S/C14H19NO4/c1-14(2,3)10-7-5-4-6-9(10)12(17)15-11(8-16)13(18)19/h4-7,11,16H,8H2,1-3H3,(H,15,17)(H,18,19)/t11-/m1/s1. The molecule has 0 aromatic heterocycles. The van der Waals surface area contributed by atoms with Crippen LogP contribution in [0.1, 0.15) is 36.7 Å². The van der Waals surface area contributed by atoms with Crippen LogP contribution in [0.15, 0.2) is 24.3 Å². The summed E-state index contributed by atoms with van der Waals surface area (Å²) in [6.07, 6.45) is 0. The maximum Gasteiger partial charge on any atom is 0.328 e. The van der Waals surface area contributed by atoms with Gasteiger partial charge in [0, 0.05) is 5.56 Å². The Morgan fingerprint density at radius 1 is 1.26 bits per heavy atom. The lowest BCUT2D eigenvalue weighted by Gasteiger charge is -2.23. The van der Waals surface area contributed by atoms with E-state index in [1.54, 1.807) is 12.1 Å². The molecule has 0 unspecified atom stereocenters. The molecule has 0 aliphatic heterocycles. The number of benzene rings is 1. The van der Waals surface area contributed by atoms with Crippen LogP contribution in [-0.4, -0.2) is 34.7 Å². The lowest BCUT2D eigenvalue weighted by Crippen LogP contribution is -2.43. The van der Waals surface area contributed by atoms with Gasteiger partial charge in [0.25, 0.3) is 5.91 Å². The number of carboxylic acids is 1. The number of carboxylic acid groups (broad SMARTS) is 1. The van der Waals surface area contributed by atoms with E-state index in [0.717, 1.165) is 5.56 Å². The summed E-state index contributed by atoms with van der Waals surface area (Å²) in [5.74, 6) is -1.75. The van der Waals surface area contributed by atoms with Gasteiger partial charge in [0.1, 0.15) is 0 Å². The van der Waals surface area contributed by atoms with Gasteiger partial charge < -0.3 is 15.5 Å². The number of carbonyl (C=O) groups is 2. The molecule has 5 nitrogen and oxygen atoms in total. The number of carbonyl (C=O) groups excluding carboxylic acids is 1. The van der Waals surface area contributed by atoms with E-state index in [0.29, 0.717) is 5.56 Å². The summed E-state index contributed by atoms with van der Waals surface area (Å²) in [6, 6.07) is 5.74. The van der Waals surface area contributed by atoms with Crippen molar-refractivity contribution in [3.8, 4) is 0 Å². The highest BCUT2D eigenvalue weighted by Gasteiger charge is 2.24. The van der Waals surface area contributed by atoms with Gasteiger partial charge in [-0.1, -0.05) is 39.0 Å². The fourth-order valence-corrected chi connectivity index (χ4v) is 1.76. The van der Waals surface area contributed by atoms with Crippen molar-refractivity contribution in [3.63, 3.8) is 0 Å². The Morgan fingerprint density at radius 3 is 2.32 bits per heavy atom. The molecule has 19 heavy (non-hydrogen) atoms. The molecule has 0 bridgehead atoms. The highest BCUT2D eigenvalue weighted by Crippen LogP contribution is 2.25. The summed E-state index contributed by atoms with van der Waals surface area (Å²) in [6.45, 7) is 5.28. The molecule has 0 saturated carbocycles. The van der Waals surface area contributed by atoms with E-state index in [1.165, 1.54) is 0 Å². The molecule has 1 amide bonds. The van der Waals surface area contributed by atoms with Crippen molar-refractivity contribution in [1.29, 1.82) is 0 Å². The Labute approximate surface area is 112 Å². The number of hydrogen-bond acceptors (Lipinski definition) is 3. The molecule has 1 rings (SSSR count). The molecule has 0 spiro atoms. The minimum absolute atomic E-state index is 0.230. The van der Waals surface area contributed by atoms with E-state index in [2.05, 4.69) is 5.32 Å². The molecular weight excluding hydrogens is 246 g/mol. The van der Waals surface area contributed by atoms with Crippen LogP contribution < -0.4 is 5.32 Å². The Hall–Kier alpha value is -1.88. The first-order chi connectivity index (χ1) is 8.77. The number of aliphatic hydroxyl groups is 1. The van der Waals surface area contributed by atoms with Crippen molar-refractivity contribution in [3.05, 3.63) is 35.4 Å². The average molecular weight is 265 g/mol. The largest absolute Gasteiger partial charge is 0.480 e. The zero-order valence-electron chi connectivity index (χ0n) is 11.3. The lowest BCUT2D eigenvalue weighted by atomic mass is 9.83. The van der Waals surface area contributed by atoms with Gasteiger partial charge in [0.2, 0.25) is 0 Å². The third-order valence-electron chi connectivity index (χ3n) is 2.77. The number of aliphatic carboxylic acids is 1. The van der Waals surface area contributed by atoms with Crippen LogP contribution in [0.25, 0.3) is 0 Å². The molecule has 3 N–H and O–H groups in total. The predicted octanol–water partition coefficient (Wildman–Crippen LogP) is 1.16. The van der Waals surface area contributed by atoms with Gasteiger partial charge in [-0.15, -0.1) is 0 Å². The van der Waals surface area contributed by atoms with Crippen LogP contribution in [0.3, 0.4) is 0 Å². The summed E-state index contributed by atoms with van der Waals surface area (Å²) < 4.78 is 0. The number of rotatable bonds is 4. The molecule has 0 heterocycles. The van der Waals surface area contributed by atoms with Gasteiger partial charge in [-0.05, 0) is 17.0 Å². The van der Waals surface area contributed by atoms with Gasteiger partial charge in [0.05, 0.1) is 6.61 Å². The molecule has 0 radical (unpaired) electrons. The predicted molar refractivity (Wildman–Crippen MR) is 71.1 cm³/mol. The van der Waals surface area contributed by atoms with E-state index in [9.17, 15) is 9.59 Å². The van der Waals surface area contributed by atoms with Gasteiger partial charge in [-0.2, -0.15) is 0 Å². The number of hydrogen-bond donors (Lipinski definition) is 3. The first-order valence-corrected chi connectivity index (χ1v) is 6.01. The number of nitrogens with one attached hydrogen (secondary N) is 1. The van der Waals surface area contributed by atoms with E-state index >= 15 is 0 Å². The topological polar surface area (TPSA) is 86.6 Å². The maximum absolute atomic E-state index is 12.1. The highest BCUT2D eigenvalue weighted by atomic mass is 16.4. The number of aliphatic hydroxyl groups excluding tert-OH is 1. The average Bonchev–Trinajstić information content (AvgIpc) is 2.34. The van der Waals surface area contributed by atoms with Crippen molar-refractivity contribution in [2.45, 2.75) is 32.2 Å². The lowest BCUT2D eigenvalue weighted by molar-refractivity contribution is -0.140. The molecule has 1 aromatic carbocycles. The summed E-state index contributed by atoms with van der Waals surface area (Å²) >= 11 is 0. The fraction of sp³-hybridized carbons (Fsp3) is 0.429. The third-order valence-corrected chi connectivity index (χ3v) is 2.77. The Morgan fingerprint density at radius 2 is 1.84 bits per heavy atom. The second-order valence-electron chi connectivity index (χ2n) is 5.34. The van der Waals surface area contributed by atoms with E-state index in [1.807, 2.05) is 32.9 Å². The quantitative estimate of drug-likeness (QED) is 0.762. The molecule has 0 saturated heterocycles. The first kappa shape index (κ1) is 15.2. The van der Waals surface area contributed by atoms with Gasteiger partial charge in [-0.25, -0.2) is 4.79 Å². The van der Waals surface area contributed by atoms with E-state index in [-0.39, 0.29) is 5.41 Å². The maximum atomic E-state index is 12.1. The van der Waals surface area contributed by atoms with Crippen LogP contribution >= 0.6 is 0 Å². The van der Waals surface area contributed by atoms with Gasteiger partial charge in [0.15, 0.2) is 6.04 Å². The van der Waals surface area contributed by atoms with Crippen molar-refractivity contribution in [2.24, 2.45) is 0 Å². The molecular formula is C14H19NO4. The molecule has 0 fully saturated rings. The van der Waals surface area contributed by atoms with Gasteiger partial charge in [-0.3, -0.25) is 4.79 Å². The zero-order chi connectivity index (χ0) is 14.6. The van der Waals surface area contributed by atoms with Crippen LogP contribution in [0.5, 0.6) is 0 Å². The van der Waals surface area contributed by atoms with Crippen molar-refractivity contribution in [1.82, 2.24) is 5.32 Å². The minimum atomic E-state index is -1.29. The SMILES string of the molecule is CC(C)(C)c1ccccc1C(=O)N[C@H](CO)C(=O)O. The van der Waals surface area contributed by atoms with Crippen molar-refractivity contribution < 1.29 is 19.8 Å². The molecule has 5 heteroatoms. The third kappa shape index (κ3) is 3.79. The molecule has 0 aliphatic carbocycles. The Bertz CT molecular complexity index is 477. The van der Waals surface area contributed by atoms with Gasteiger partial charge >= 0.3 is 5.97 Å². The molecule has 1 atom stereocenters. The second-order valence-corrected chi connectivity index (χ2v) is 5.34. The monoisotopic (exact) mass is 265 g/mol. The van der Waals surface area contributed by atoms with Crippen molar-refractivity contribution >= 4 is 11.9 Å². The fourth-order valence-electron chi connectivity index (χ4n) is 1.76. The Balaban J connectivity index is 3.04. The summed E-state index contributed by atoms with van der Waals surface area (Å²) in [5.41, 5.74) is 1.02. The second kappa shape index (κ2) is 5.84. The van der Waals surface area contributed by atoms with Crippen molar-refractivity contribution in [2.75, 3.05) is 6.61 Å². The number of amides is 1. The van der Waals surface area contributed by atoms with Crippen LogP contribution in [0.4, 0.5) is 0 Å². The first-order valence-electron chi connectivity index (χ1n) is 6.01. The van der Waals surface area contributed by atoms with Crippen LogP contribution in [-0.2, 0) is 10.2 Å². The van der Waals surface area contributed by atoms with Crippen LogP contribution in [0.2, 0.25) is 0 Å². The normalized spacial score (nSPS) is 12.8.